The molecule has 2 aromatic rings. The molecular weight excluding hydrogens is 316 g/mol. The summed E-state index contributed by atoms with van der Waals surface area (Å²) in [6.45, 7) is 8.02. The fraction of sp³-hybridized carbons (Fsp3) is 0.579. The first kappa shape index (κ1) is 17.7. The van der Waals surface area contributed by atoms with Gasteiger partial charge in [0, 0.05) is 37.4 Å². The van der Waals surface area contributed by atoms with Crippen molar-refractivity contribution < 1.29 is 9.53 Å². The number of nitrogens with one attached hydrogen (secondary N) is 1. The quantitative estimate of drug-likeness (QED) is 0.929. The molecular formula is C19H28N4O2. The van der Waals surface area contributed by atoms with Crippen molar-refractivity contribution in [1.29, 1.82) is 0 Å². The minimum absolute atomic E-state index is 0.198. The number of hydrogen-bond acceptors (Lipinski definition) is 4. The number of carbonyl (C=O) groups excluding carboxylic acids is 1. The molecule has 1 atom stereocenters. The van der Waals surface area contributed by atoms with E-state index in [4.69, 9.17) is 4.74 Å². The highest BCUT2D eigenvalue weighted by molar-refractivity contribution is 5.68. The number of pyridine rings is 1. The maximum Gasteiger partial charge on any atom is 0.410 e. The van der Waals surface area contributed by atoms with Crippen LogP contribution in [0.1, 0.15) is 45.6 Å². The molecule has 0 aliphatic carbocycles. The van der Waals surface area contributed by atoms with Gasteiger partial charge in [-0.25, -0.2) is 9.31 Å². The monoisotopic (exact) mass is 344 g/mol. The van der Waals surface area contributed by atoms with Gasteiger partial charge in [0.15, 0.2) is 0 Å². The summed E-state index contributed by atoms with van der Waals surface area (Å²) < 4.78 is 7.39. The number of likely N-dealkylation sites (tertiary alicyclic amines) is 1. The summed E-state index contributed by atoms with van der Waals surface area (Å²) in [4.78, 5) is 14.1. The van der Waals surface area contributed by atoms with Gasteiger partial charge >= 0.3 is 6.09 Å². The van der Waals surface area contributed by atoms with Gasteiger partial charge in [0.25, 0.3) is 0 Å². The molecule has 136 valence electrons. The van der Waals surface area contributed by atoms with Crippen molar-refractivity contribution in [3.05, 3.63) is 36.2 Å². The van der Waals surface area contributed by atoms with Crippen molar-refractivity contribution in [3.63, 3.8) is 0 Å². The molecule has 1 amide bonds. The van der Waals surface area contributed by atoms with Crippen molar-refractivity contribution >= 4 is 11.6 Å². The number of aromatic nitrogens is 2. The van der Waals surface area contributed by atoms with Crippen LogP contribution in [0.5, 0.6) is 0 Å². The highest BCUT2D eigenvalue weighted by Crippen LogP contribution is 2.17. The Hall–Kier alpha value is -2.08. The molecule has 1 saturated heterocycles. The molecule has 1 N–H and O–H groups in total. The predicted octanol–water partition coefficient (Wildman–Crippen LogP) is 3.21. The predicted molar refractivity (Wildman–Crippen MR) is 97.5 cm³/mol. The Morgan fingerprint density at radius 2 is 2.16 bits per heavy atom. The van der Waals surface area contributed by atoms with Crippen LogP contribution in [0.15, 0.2) is 30.6 Å². The number of ether oxygens (including phenoxy) is 1. The van der Waals surface area contributed by atoms with Gasteiger partial charge in [0.2, 0.25) is 0 Å². The second-order valence-electron chi connectivity index (χ2n) is 7.68. The third kappa shape index (κ3) is 4.72. The zero-order valence-corrected chi connectivity index (χ0v) is 15.4. The van der Waals surface area contributed by atoms with E-state index in [2.05, 4.69) is 16.5 Å². The summed E-state index contributed by atoms with van der Waals surface area (Å²) in [5.41, 5.74) is 1.90. The maximum absolute atomic E-state index is 12.2. The first-order valence-electron chi connectivity index (χ1n) is 9.05. The van der Waals surface area contributed by atoms with Crippen molar-refractivity contribution in [3.8, 4) is 0 Å². The molecule has 3 rings (SSSR count). The lowest BCUT2D eigenvalue weighted by Gasteiger charge is -2.26. The van der Waals surface area contributed by atoms with Crippen LogP contribution in [0, 0.1) is 0 Å². The Bertz CT molecular complexity index is 720. The molecule has 1 aliphatic heterocycles. The number of carbonyl (C=O) groups is 1. The van der Waals surface area contributed by atoms with Gasteiger partial charge in [-0.1, -0.05) is 6.07 Å². The topological polar surface area (TPSA) is 58.9 Å². The third-order valence-corrected chi connectivity index (χ3v) is 4.47. The summed E-state index contributed by atoms with van der Waals surface area (Å²) in [7, 11) is 0. The molecule has 0 spiro atoms. The zero-order chi connectivity index (χ0) is 17.9. The van der Waals surface area contributed by atoms with Crippen LogP contribution in [0.3, 0.4) is 0 Å². The number of amides is 1. The number of fused-ring (bicyclic) bond motifs is 1. The van der Waals surface area contributed by atoms with Crippen LogP contribution >= 0.6 is 0 Å². The van der Waals surface area contributed by atoms with Gasteiger partial charge in [-0.05, 0) is 52.2 Å². The van der Waals surface area contributed by atoms with Crippen LogP contribution in [-0.4, -0.2) is 45.3 Å². The Morgan fingerprint density at radius 1 is 1.32 bits per heavy atom. The molecule has 0 bridgehead atoms. The van der Waals surface area contributed by atoms with E-state index in [0.717, 1.165) is 44.4 Å². The molecule has 3 heterocycles. The van der Waals surface area contributed by atoms with E-state index in [0.29, 0.717) is 6.04 Å². The second-order valence-corrected chi connectivity index (χ2v) is 7.68. The zero-order valence-electron chi connectivity index (χ0n) is 15.4. The lowest BCUT2D eigenvalue weighted by atomic mass is 10.1. The van der Waals surface area contributed by atoms with Gasteiger partial charge in [-0.15, -0.1) is 0 Å². The van der Waals surface area contributed by atoms with Crippen LogP contribution in [0.2, 0.25) is 0 Å². The number of rotatable bonds is 3. The van der Waals surface area contributed by atoms with Crippen LogP contribution in [0.4, 0.5) is 4.79 Å². The van der Waals surface area contributed by atoms with Crippen LogP contribution in [0.25, 0.3) is 5.52 Å². The molecule has 6 heteroatoms. The van der Waals surface area contributed by atoms with E-state index in [1.165, 1.54) is 5.56 Å². The highest BCUT2D eigenvalue weighted by Gasteiger charge is 2.25. The highest BCUT2D eigenvalue weighted by atomic mass is 16.6. The molecule has 1 aliphatic rings. The van der Waals surface area contributed by atoms with Crippen molar-refractivity contribution in [2.24, 2.45) is 0 Å². The average molecular weight is 344 g/mol. The minimum atomic E-state index is -0.440. The first-order valence-corrected chi connectivity index (χ1v) is 9.05. The molecule has 0 radical (unpaired) electrons. The molecule has 6 nitrogen and oxygen atoms in total. The summed E-state index contributed by atoms with van der Waals surface area (Å²) >= 11 is 0. The fourth-order valence-electron chi connectivity index (χ4n) is 3.19. The fourth-order valence-corrected chi connectivity index (χ4v) is 3.19. The summed E-state index contributed by atoms with van der Waals surface area (Å²) in [6.07, 6.45) is 6.69. The Morgan fingerprint density at radius 3 is 2.96 bits per heavy atom. The Labute approximate surface area is 149 Å². The lowest BCUT2D eigenvalue weighted by molar-refractivity contribution is 0.0256. The van der Waals surface area contributed by atoms with Crippen molar-refractivity contribution in [1.82, 2.24) is 19.8 Å². The molecule has 1 fully saturated rings. The van der Waals surface area contributed by atoms with Gasteiger partial charge in [0.05, 0.1) is 11.7 Å². The molecule has 25 heavy (non-hydrogen) atoms. The van der Waals surface area contributed by atoms with Crippen molar-refractivity contribution in [2.75, 3.05) is 13.1 Å². The molecule has 2 aromatic heterocycles. The SMILES string of the molecule is CC(C)(C)OC(=O)N1CCCC(NCc2cnn3ccccc23)CC1. The maximum atomic E-state index is 12.2. The standard InChI is InChI=1S/C19H28N4O2/c1-19(2,3)25-18(24)22-10-6-7-16(9-12-22)20-13-15-14-21-23-11-5-4-8-17(15)23/h4-5,8,11,14,16,20H,6-7,9-10,12-13H2,1-3H3. The molecule has 0 aromatic carbocycles. The average Bonchev–Trinajstić information content (AvgIpc) is 2.80. The Balaban J connectivity index is 1.52. The second kappa shape index (κ2) is 7.44. The van der Waals surface area contributed by atoms with Crippen LogP contribution < -0.4 is 5.32 Å². The van der Waals surface area contributed by atoms with Gasteiger partial charge < -0.3 is 15.0 Å². The van der Waals surface area contributed by atoms with E-state index in [1.807, 2.05) is 54.7 Å². The number of nitrogens with zero attached hydrogens (tertiary/aromatic N) is 3. The third-order valence-electron chi connectivity index (χ3n) is 4.47. The number of hydrogen-bond donors (Lipinski definition) is 1. The minimum Gasteiger partial charge on any atom is -0.444 e. The molecule has 1 unspecified atom stereocenters. The lowest BCUT2D eigenvalue weighted by Crippen LogP contribution is -2.38. The van der Waals surface area contributed by atoms with E-state index >= 15 is 0 Å². The first-order chi connectivity index (χ1) is 11.9. The smallest absolute Gasteiger partial charge is 0.410 e. The Kier molecular flexibility index (Phi) is 5.27. The van der Waals surface area contributed by atoms with Crippen LogP contribution in [-0.2, 0) is 11.3 Å². The van der Waals surface area contributed by atoms with E-state index in [9.17, 15) is 4.79 Å². The van der Waals surface area contributed by atoms with Gasteiger partial charge in [-0.2, -0.15) is 5.10 Å². The summed E-state index contributed by atoms with van der Waals surface area (Å²) in [5.74, 6) is 0. The van der Waals surface area contributed by atoms with E-state index < -0.39 is 5.60 Å². The summed E-state index contributed by atoms with van der Waals surface area (Å²) in [6, 6.07) is 6.51. The molecule has 0 saturated carbocycles. The normalized spacial score (nSPS) is 19.0. The van der Waals surface area contributed by atoms with E-state index in [-0.39, 0.29) is 6.09 Å². The summed E-state index contributed by atoms with van der Waals surface area (Å²) in [5, 5.41) is 8.01. The largest absolute Gasteiger partial charge is 0.444 e. The van der Waals surface area contributed by atoms with Crippen molar-refractivity contribution in [2.45, 2.75) is 58.2 Å². The van der Waals surface area contributed by atoms with Gasteiger partial charge in [0.1, 0.15) is 5.60 Å². The van der Waals surface area contributed by atoms with Gasteiger partial charge in [-0.3, -0.25) is 0 Å². The van der Waals surface area contributed by atoms with E-state index in [1.54, 1.807) is 0 Å².